The number of rotatable bonds is 5. The molecule has 0 heterocycles. The van der Waals surface area contributed by atoms with E-state index in [4.69, 9.17) is 5.11 Å². The summed E-state index contributed by atoms with van der Waals surface area (Å²) < 4.78 is 1.02. The highest BCUT2D eigenvalue weighted by atomic mass is 79.9. The van der Waals surface area contributed by atoms with Gasteiger partial charge in [-0.25, -0.2) is 0 Å². The molecule has 0 aliphatic carbocycles. The van der Waals surface area contributed by atoms with Crippen molar-refractivity contribution in [2.24, 2.45) is 0 Å². The lowest BCUT2D eigenvalue weighted by Gasteiger charge is -2.23. The Balaban J connectivity index is 2.21. The minimum Gasteiger partial charge on any atom is -0.480 e. The Morgan fingerprint density at radius 3 is 2.25 bits per heavy atom. The quantitative estimate of drug-likeness (QED) is 0.903. The fourth-order valence-electron chi connectivity index (χ4n) is 1.97. The zero-order chi connectivity index (χ0) is 14.5. The standard InChI is InChI=1S/C16H16BrNO2/c1-12-2-8-15(9-3-12)18(11-16(19)20)10-13-4-6-14(17)7-5-13/h2-9H,10-11H2,1H3,(H,19,20). The SMILES string of the molecule is Cc1ccc(N(CC(=O)O)Cc2ccc(Br)cc2)cc1. The smallest absolute Gasteiger partial charge is 0.323 e. The maximum Gasteiger partial charge on any atom is 0.323 e. The summed E-state index contributed by atoms with van der Waals surface area (Å²) in [5.41, 5.74) is 3.16. The molecule has 0 aliphatic rings. The third-order valence-corrected chi connectivity index (χ3v) is 3.54. The van der Waals surface area contributed by atoms with Crippen LogP contribution in [0.2, 0.25) is 0 Å². The molecule has 0 amide bonds. The minimum absolute atomic E-state index is 0.0148. The van der Waals surface area contributed by atoms with Gasteiger partial charge in [0, 0.05) is 16.7 Å². The number of hydrogen-bond donors (Lipinski definition) is 1. The number of anilines is 1. The molecular weight excluding hydrogens is 318 g/mol. The van der Waals surface area contributed by atoms with E-state index in [-0.39, 0.29) is 6.54 Å². The van der Waals surface area contributed by atoms with Crippen LogP contribution < -0.4 is 4.90 Å². The van der Waals surface area contributed by atoms with E-state index in [1.807, 2.05) is 60.4 Å². The Kier molecular flexibility index (Phi) is 4.79. The van der Waals surface area contributed by atoms with E-state index in [0.29, 0.717) is 6.54 Å². The first kappa shape index (κ1) is 14.6. The molecule has 0 aliphatic heterocycles. The van der Waals surface area contributed by atoms with Gasteiger partial charge in [0.1, 0.15) is 6.54 Å². The van der Waals surface area contributed by atoms with E-state index in [1.54, 1.807) is 0 Å². The van der Waals surface area contributed by atoms with Crippen molar-refractivity contribution in [3.05, 3.63) is 64.1 Å². The number of carboxylic acid groups (broad SMARTS) is 1. The molecule has 0 atom stereocenters. The molecule has 0 saturated heterocycles. The first-order chi connectivity index (χ1) is 9.54. The lowest BCUT2D eigenvalue weighted by molar-refractivity contribution is -0.135. The van der Waals surface area contributed by atoms with Gasteiger partial charge in [-0.15, -0.1) is 0 Å². The highest BCUT2D eigenvalue weighted by Gasteiger charge is 2.11. The maximum absolute atomic E-state index is 11.0. The molecule has 4 heteroatoms. The van der Waals surface area contributed by atoms with E-state index >= 15 is 0 Å². The van der Waals surface area contributed by atoms with Gasteiger partial charge in [0.05, 0.1) is 0 Å². The summed E-state index contributed by atoms with van der Waals surface area (Å²) in [4.78, 5) is 12.9. The Morgan fingerprint density at radius 1 is 1.10 bits per heavy atom. The van der Waals surface area contributed by atoms with Crippen LogP contribution in [0.5, 0.6) is 0 Å². The van der Waals surface area contributed by atoms with Gasteiger partial charge in [-0.1, -0.05) is 45.8 Å². The molecule has 2 aromatic rings. The van der Waals surface area contributed by atoms with Gasteiger partial charge in [0.2, 0.25) is 0 Å². The molecule has 3 nitrogen and oxygen atoms in total. The number of aryl methyl sites for hydroxylation is 1. The minimum atomic E-state index is -0.831. The van der Waals surface area contributed by atoms with Crippen molar-refractivity contribution in [3.8, 4) is 0 Å². The maximum atomic E-state index is 11.0. The van der Waals surface area contributed by atoms with Crippen LogP contribution in [0.1, 0.15) is 11.1 Å². The summed E-state index contributed by atoms with van der Waals surface area (Å²) in [5.74, 6) is -0.831. The number of nitrogens with zero attached hydrogens (tertiary/aromatic N) is 1. The normalized spacial score (nSPS) is 10.3. The number of carboxylic acids is 1. The number of halogens is 1. The first-order valence-electron chi connectivity index (χ1n) is 6.32. The molecule has 20 heavy (non-hydrogen) atoms. The second-order valence-electron chi connectivity index (χ2n) is 4.71. The first-order valence-corrected chi connectivity index (χ1v) is 7.12. The molecule has 0 saturated carbocycles. The Hall–Kier alpha value is -1.81. The van der Waals surface area contributed by atoms with Gasteiger partial charge < -0.3 is 10.0 Å². The van der Waals surface area contributed by atoms with Gasteiger partial charge in [-0.2, -0.15) is 0 Å². The molecule has 1 N–H and O–H groups in total. The van der Waals surface area contributed by atoms with Crippen molar-refractivity contribution >= 4 is 27.6 Å². The molecule has 0 fully saturated rings. The third kappa shape index (κ3) is 4.10. The summed E-state index contributed by atoms with van der Waals surface area (Å²) in [5, 5.41) is 9.07. The number of benzene rings is 2. The highest BCUT2D eigenvalue weighted by molar-refractivity contribution is 9.10. The predicted octanol–water partition coefficient (Wildman–Crippen LogP) is 3.85. The predicted molar refractivity (Wildman–Crippen MR) is 84.0 cm³/mol. The van der Waals surface area contributed by atoms with Gasteiger partial charge >= 0.3 is 5.97 Å². The zero-order valence-electron chi connectivity index (χ0n) is 11.2. The van der Waals surface area contributed by atoms with Gasteiger partial charge in [-0.05, 0) is 36.8 Å². The number of carbonyl (C=O) groups is 1. The van der Waals surface area contributed by atoms with Crippen molar-refractivity contribution < 1.29 is 9.90 Å². The monoisotopic (exact) mass is 333 g/mol. The number of aliphatic carboxylic acids is 1. The molecule has 0 radical (unpaired) electrons. The summed E-state index contributed by atoms with van der Waals surface area (Å²) in [7, 11) is 0. The summed E-state index contributed by atoms with van der Waals surface area (Å²) in [6.07, 6.45) is 0. The molecule has 2 rings (SSSR count). The lowest BCUT2D eigenvalue weighted by atomic mass is 10.1. The Bertz CT molecular complexity index is 578. The van der Waals surface area contributed by atoms with Crippen LogP contribution >= 0.6 is 15.9 Å². The molecule has 2 aromatic carbocycles. The van der Waals surface area contributed by atoms with Crippen molar-refractivity contribution in [1.82, 2.24) is 0 Å². The molecule has 104 valence electrons. The average molecular weight is 334 g/mol. The van der Waals surface area contributed by atoms with Crippen LogP contribution in [-0.2, 0) is 11.3 Å². The van der Waals surface area contributed by atoms with E-state index in [9.17, 15) is 4.79 Å². The third-order valence-electron chi connectivity index (χ3n) is 3.01. The molecule has 0 unspecified atom stereocenters. The van der Waals surface area contributed by atoms with Crippen molar-refractivity contribution in [1.29, 1.82) is 0 Å². The highest BCUT2D eigenvalue weighted by Crippen LogP contribution is 2.19. The van der Waals surface area contributed by atoms with E-state index in [1.165, 1.54) is 0 Å². The summed E-state index contributed by atoms with van der Waals surface area (Å²) in [6, 6.07) is 15.8. The van der Waals surface area contributed by atoms with Crippen LogP contribution in [0.25, 0.3) is 0 Å². The van der Waals surface area contributed by atoms with Crippen molar-refractivity contribution in [2.75, 3.05) is 11.4 Å². The summed E-state index contributed by atoms with van der Waals surface area (Å²) in [6.45, 7) is 2.57. The molecule has 0 aromatic heterocycles. The van der Waals surface area contributed by atoms with Gasteiger partial charge in [0.25, 0.3) is 0 Å². The van der Waals surface area contributed by atoms with E-state index in [2.05, 4.69) is 15.9 Å². The molecule has 0 spiro atoms. The molecule has 0 bridgehead atoms. The van der Waals surface area contributed by atoms with Crippen LogP contribution in [0.3, 0.4) is 0 Å². The van der Waals surface area contributed by atoms with Crippen LogP contribution in [-0.4, -0.2) is 17.6 Å². The second-order valence-corrected chi connectivity index (χ2v) is 5.63. The topological polar surface area (TPSA) is 40.5 Å². The van der Waals surface area contributed by atoms with Gasteiger partial charge in [-0.3, -0.25) is 4.79 Å². The second kappa shape index (κ2) is 6.57. The fraction of sp³-hybridized carbons (Fsp3) is 0.188. The largest absolute Gasteiger partial charge is 0.480 e. The fourth-order valence-corrected chi connectivity index (χ4v) is 2.23. The Labute approximate surface area is 127 Å². The van der Waals surface area contributed by atoms with Crippen LogP contribution in [0, 0.1) is 6.92 Å². The van der Waals surface area contributed by atoms with Crippen molar-refractivity contribution in [3.63, 3.8) is 0 Å². The van der Waals surface area contributed by atoms with Crippen LogP contribution in [0.15, 0.2) is 53.0 Å². The summed E-state index contributed by atoms with van der Waals surface area (Å²) >= 11 is 3.40. The van der Waals surface area contributed by atoms with Crippen molar-refractivity contribution in [2.45, 2.75) is 13.5 Å². The van der Waals surface area contributed by atoms with E-state index < -0.39 is 5.97 Å². The van der Waals surface area contributed by atoms with E-state index in [0.717, 1.165) is 21.3 Å². The zero-order valence-corrected chi connectivity index (χ0v) is 12.8. The van der Waals surface area contributed by atoms with Gasteiger partial charge in [0.15, 0.2) is 0 Å². The number of hydrogen-bond acceptors (Lipinski definition) is 2. The van der Waals surface area contributed by atoms with Crippen LogP contribution in [0.4, 0.5) is 5.69 Å². The average Bonchev–Trinajstić information content (AvgIpc) is 2.41. The lowest BCUT2D eigenvalue weighted by Crippen LogP contribution is -2.29. The Morgan fingerprint density at radius 2 is 1.70 bits per heavy atom. The molecular formula is C16H16BrNO2.